The molecule has 4 N–H and O–H groups in total. The van der Waals surface area contributed by atoms with Gasteiger partial charge in [0.15, 0.2) is 0 Å². The molecule has 0 aromatic heterocycles. The average molecular weight is 1200 g/mol. The number of amides is 10. The Balaban J connectivity index is 0.0000121. The van der Waals surface area contributed by atoms with Gasteiger partial charge in [-0.05, 0) is 96.2 Å². The zero-order chi connectivity index (χ0) is 62.5. The summed E-state index contributed by atoms with van der Waals surface area (Å²) in [6.07, 6.45) is 2.29. The maximum Gasteiger partial charge on any atom is 0.329 e. The highest BCUT2D eigenvalue weighted by molar-refractivity contribution is 6.03. The number of carbonyl (C=O) groups excluding carboxylic acids is 12. The molecule has 0 spiro atoms. The zero-order valence-electron chi connectivity index (χ0n) is 50.0. The van der Waals surface area contributed by atoms with E-state index in [-0.39, 0.29) is 44.5 Å². The lowest BCUT2D eigenvalue weighted by molar-refractivity contribution is -0.159. The van der Waals surface area contributed by atoms with Crippen molar-refractivity contribution in [3.8, 4) is 0 Å². The molecule has 24 nitrogen and oxygen atoms in total. The molecule has 0 unspecified atom stereocenters. The van der Waals surface area contributed by atoms with E-state index in [2.05, 4.69) is 21.3 Å². The third-order valence-corrected chi connectivity index (χ3v) is 16.0. The summed E-state index contributed by atoms with van der Waals surface area (Å²) in [5, 5.41) is 13.8. The summed E-state index contributed by atoms with van der Waals surface area (Å²) < 4.78 is 11.6. The van der Waals surface area contributed by atoms with Gasteiger partial charge in [-0.25, -0.2) is 9.59 Å². The largest absolute Gasteiger partial charge is 0.461 e. The fraction of sp³-hybridized carbons (Fsp3) is 0.492. The molecule has 87 heavy (non-hydrogen) atoms. The van der Waals surface area contributed by atoms with Gasteiger partial charge < -0.3 is 60.1 Å². The molecular weight excluding hydrogens is 1120 g/mol. The van der Waals surface area contributed by atoms with Crippen LogP contribution >= 0.6 is 0 Å². The Labute approximate surface area is 506 Å². The van der Waals surface area contributed by atoms with Crippen LogP contribution in [0.25, 0.3) is 21.5 Å². The molecule has 3 aliphatic heterocycles. The summed E-state index contributed by atoms with van der Waals surface area (Å²) >= 11 is 0. The molecule has 10 amide bonds. The number of esters is 2. The summed E-state index contributed by atoms with van der Waals surface area (Å²) in [5.74, 6) is -10.2. The van der Waals surface area contributed by atoms with Crippen LogP contribution in [-0.4, -0.2) is 217 Å². The number of hydrogen-bond acceptors (Lipinski definition) is 14. The lowest BCUT2D eigenvalue weighted by Gasteiger charge is -2.37. The van der Waals surface area contributed by atoms with E-state index in [1.54, 1.807) is 76.2 Å². The molecule has 3 heterocycles. The van der Waals surface area contributed by atoms with Crippen molar-refractivity contribution in [3.05, 3.63) is 96.1 Å². The van der Waals surface area contributed by atoms with Gasteiger partial charge in [0, 0.05) is 52.4 Å². The van der Waals surface area contributed by atoms with E-state index in [0.29, 0.717) is 25.7 Å². The van der Waals surface area contributed by atoms with Crippen LogP contribution < -0.4 is 21.3 Å². The van der Waals surface area contributed by atoms with Crippen molar-refractivity contribution < 1.29 is 67.0 Å². The predicted molar refractivity (Wildman–Crippen MR) is 322 cm³/mol. The van der Waals surface area contributed by atoms with Crippen molar-refractivity contribution in [2.45, 2.75) is 110 Å². The van der Waals surface area contributed by atoms with Gasteiger partial charge in [0.05, 0.1) is 26.2 Å². The number of hydrogen-bond donors (Lipinski definition) is 4. The summed E-state index contributed by atoms with van der Waals surface area (Å²) in [5.41, 5.74) is 0.371. The number of piperidine rings is 2. The average Bonchev–Trinajstić information content (AvgIpc) is 3.21. The summed E-state index contributed by atoms with van der Waals surface area (Å²) in [6, 6.07) is 16.6. The molecular formula is C63H82N10O14. The molecule has 0 bridgehead atoms. The first-order valence-corrected chi connectivity index (χ1v) is 29.0. The molecule has 7 rings (SSSR count). The van der Waals surface area contributed by atoms with Gasteiger partial charge in [0.25, 0.3) is 11.8 Å². The highest BCUT2D eigenvalue weighted by Crippen LogP contribution is 2.24. The van der Waals surface area contributed by atoms with Gasteiger partial charge >= 0.3 is 11.9 Å². The quantitative estimate of drug-likeness (QED) is 0.202. The third-order valence-electron chi connectivity index (χ3n) is 16.0. The SMILES string of the molecule is C.CC(C)[C@H]1C(=O)OC[C@@H](NC(=O)c2ccc3ccccc3c2)C(=O)N2CCCC[C@H]2C(=O)NCC(=O)N(C)CC(=O)N(C)[C@@H](C(C)C)C(=O)OC[C@@H](NC(=O)c2ccc3ccccc3c2)C(=O)N2CCCC[C@H]2C(=O)NCC(=O)N(C)CC(=O)N1C. The van der Waals surface area contributed by atoms with Gasteiger partial charge in [-0.15, -0.1) is 0 Å². The van der Waals surface area contributed by atoms with E-state index >= 15 is 0 Å². The van der Waals surface area contributed by atoms with Crippen LogP contribution in [0, 0.1) is 11.8 Å². The second-order valence-electron chi connectivity index (χ2n) is 22.8. The fourth-order valence-corrected chi connectivity index (χ4v) is 11.0. The molecule has 4 aromatic carbocycles. The van der Waals surface area contributed by atoms with Crippen LogP contribution in [0.15, 0.2) is 84.9 Å². The molecule has 3 saturated heterocycles. The maximum absolute atomic E-state index is 14.8. The van der Waals surface area contributed by atoms with E-state index in [1.165, 1.54) is 38.0 Å². The lowest BCUT2D eigenvalue weighted by atomic mass is 9.99. The smallest absolute Gasteiger partial charge is 0.329 e. The van der Waals surface area contributed by atoms with E-state index < -0.39 is 158 Å². The Morgan fingerprint density at radius 1 is 0.494 bits per heavy atom. The summed E-state index contributed by atoms with van der Waals surface area (Å²) in [7, 11) is 5.34. The predicted octanol–water partition coefficient (Wildman–Crippen LogP) is 2.50. The second-order valence-corrected chi connectivity index (χ2v) is 22.8. The van der Waals surface area contributed by atoms with Crippen LogP contribution in [0.2, 0.25) is 0 Å². The highest BCUT2D eigenvalue weighted by atomic mass is 16.5. The Kier molecular flexibility index (Phi) is 23.5. The van der Waals surface area contributed by atoms with Crippen LogP contribution in [0.4, 0.5) is 0 Å². The van der Waals surface area contributed by atoms with Crippen molar-refractivity contribution in [1.29, 1.82) is 0 Å². The first-order chi connectivity index (χ1) is 40.9. The number of cyclic esters (lactones) is 2. The lowest BCUT2D eigenvalue weighted by Crippen LogP contribution is -2.59. The van der Waals surface area contributed by atoms with Crippen LogP contribution in [0.5, 0.6) is 0 Å². The van der Waals surface area contributed by atoms with Gasteiger partial charge in [-0.2, -0.15) is 0 Å². The van der Waals surface area contributed by atoms with Crippen LogP contribution in [0.3, 0.4) is 0 Å². The number of fused-ring (bicyclic) bond motifs is 4. The second kappa shape index (κ2) is 30.4. The molecule has 468 valence electrons. The number of benzene rings is 4. The minimum atomic E-state index is -1.56. The Morgan fingerprint density at radius 2 is 0.851 bits per heavy atom. The number of likely N-dealkylation sites (N-methyl/N-ethyl adjacent to an activating group) is 4. The maximum atomic E-state index is 14.8. The zero-order valence-corrected chi connectivity index (χ0v) is 50.0. The van der Waals surface area contributed by atoms with Gasteiger partial charge in [0.2, 0.25) is 47.3 Å². The minimum absolute atomic E-state index is 0. The first kappa shape index (κ1) is 67.2. The number of ether oxygens (including phenoxy) is 2. The van der Waals surface area contributed by atoms with Gasteiger partial charge in [-0.3, -0.25) is 47.9 Å². The van der Waals surface area contributed by atoms with Gasteiger partial charge in [-0.1, -0.05) is 95.8 Å². The van der Waals surface area contributed by atoms with Gasteiger partial charge in [0.1, 0.15) is 49.5 Å². The topological polar surface area (TPSA) is 291 Å². The summed E-state index contributed by atoms with van der Waals surface area (Å²) in [4.78, 5) is 176. The highest BCUT2D eigenvalue weighted by Gasteiger charge is 2.41. The van der Waals surface area contributed by atoms with E-state index in [1.807, 2.05) is 36.4 Å². The Hall–Kier alpha value is -8.96. The van der Waals surface area contributed by atoms with Crippen molar-refractivity contribution in [3.63, 3.8) is 0 Å². The summed E-state index contributed by atoms with van der Waals surface area (Å²) in [6.45, 7) is 2.96. The molecule has 0 saturated carbocycles. The normalized spacial score (nSPS) is 23.0. The molecule has 3 aliphatic rings. The fourth-order valence-electron chi connectivity index (χ4n) is 11.0. The van der Waals surface area contributed by atoms with E-state index in [9.17, 15) is 57.5 Å². The Morgan fingerprint density at radius 3 is 1.21 bits per heavy atom. The minimum Gasteiger partial charge on any atom is -0.461 e. The van der Waals surface area contributed by atoms with Crippen LogP contribution in [0.1, 0.15) is 94.4 Å². The molecule has 0 radical (unpaired) electrons. The monoisotopic (exact) mass is 1200 g/mol. The number of nitrogens with zero attached hydrogens (tertiary/aromatic N) is 6. The number of rotatable bonds is 6. The van der Waals surface area contributed by atoms with Crippen molar-refractivity contribution >= 4 is 92.6 Å². The Bertz CT molecular complexity index is 3030. The van der Waals surface area contributed by atoms with Crippen molar-refractivity contribution in [2.75, 3.05) is 80.7 Å². The number of carbonyl (C=O) groups is 12. The standard InChI is InChI=1S/C62H78N10O14.CH4/c1-37(2)53-61(83)85-35-45(65-55(77)43-25-23-39-17-9-11-19-41(39)29-43)59(81)71-27-15-13-21-47(71)57(79)64-32-50(74)68(6)34-52(76)70(8)54(38(3)4)62(84)86-36-46(66-56(78)44-26-24-40-18-10-12-20-42(40)30-44)60(82)72-28-16-14-22-48(72)58(80)63-31-49(73)67(5)33-51(75)69(53)7;/h9-12,17-20,23-26,29-30,37-38,45-48,53-54H,13-16,21-22,27-28,31-36H2,1-8H3,(H,63,80)(H,64,79)(H,65,77)(H,66,78);1H4/t45-,46-,47+,48+,53+,54+;/m1./s1. The third kappa shape index (κ3) is 16.7. The van der Waals surface area contributed by atoms with E-state index in [0.717, 1.165) is 41.1 Å². The van der Waals surface area contributed by atoms with E-state index in [4.69, 9.17) is 9.47 Å². The molecule has 4 aromatic rings. The molecule has 24 heteroatoms. The van der Waals surface area contributed by atoms with Crippen molar-refractivity contribution in [2.24, 2.45) is 11.8 Å². The number of nitrogens with one attached hydrogen (secondary N) is 4. The first-order valence-electron chi connectivity index (χ1n) is 29.0. The molecule has 0 aliphatic carbocycles. The molecule has 3 fully saturated rings. The van der Waals surface area contributed by atoms with Crippen LogP contribution in [-0.2, 0) is 57.4 Å². The van der Waals surface area contributed by atoms with Crippen molar-refractivity contribution in [1.82, 2.24) is 50.7 Å². The molecule has 6 atom stereocenters.